The van der Waals surface area contributed by atoms with Gasteiger partial charge in [0, 0.05) is 11.6 Å². The Labute approximate surface area is 219 Å². The number of halogens is 6. The number of aryl methyl sites for hydroxylation is 2. The molecule has 2 nitrogen and oxygen atoms in total. The van der Waals surface area contributed by atoms with Gasteiger partial charge in [0.2, 0.25) is 0 Å². The Balaban J connectivity index is 1.92. The van der Waals surface area contributed by atoms with Crippen LogP contribution in [0.25, 0.3) is 11.1 Å². The number of ether oxygens (including phenoxy) is 1. The summed E-state index contributed by atoms with van der Waals surface area (Å²) in [4.78, 5) is 0. The Morgan fingerprint density at radius 2 is 1.37 bits per heavy atom. The van der Waals surface area contributed by atoms with Crippen LogP contribution in [-0.4, -0.2) is 0 Å². The zero-order valence-corrected chi connectivity index (χ0v) is 21.5. The molecule has 0 heterocycles. The van der Waals surface area contributed by atoms with Gasteiger partial charge in [-0.2, -0.15) is 8.78 Å². The summed E-state index contributed by atoms with van der Waals surface area (Å²) in [7, 11) is 0. The van der Waals surface area contributed by atoms with Crippen molar-refractivity contribution in [3.05, 3.63) is 82.4 Å². The fraction of sp³-hybridized carbons (Fsp3) is 0.400. The summed E-state index contributed by atoms with van der Waals surface area (Å²) in [6, 6.07) is 7.90. The molecule has 3 rings (SSSR count). The Hall–Kier alpha value is -3.16. The molecule has 0 N–H and O–H groups in total. The summed E-state index contributed by atoms with van der Waals surface area (Å²) in [6.45, 7) is 4.05. The number of hydrogen-bond acceptors (Lipinski definition) is 1. The van der Waals surface area contributed by atoms with Gasteiger partial charge in [0.1, 0.15) is 17.1 Å². The van der Waals surface area contributed by atoms with Crippen LogP contribution in [0.15, 0.2) is 42.5 Å². The molecule has 3 aromatic carbocycles. The lowest BCUT2D eigenvalue weighted by Gasteiger charge is -2.21. The molecule has 0 saturated carbocycles. The van der Waals surface area contributed by atoms with Gasteiger partial charge >= 0.3 is 6.11 Å². The average Bonchev–Trinajstić information content (AvgIpc) is 2.86. The summed E-state index contributed by atoms with van der Waals surface area (Å²) in [5, 5.41) is 12.4. The molecule has 0 fully saturated rings. The van der Waals surface area contributed by atoms with Crippen molar-refractivity contribution < 1.29 is 36.2 Å². The largest absolute Gasteiger partial charge is 0.432 e. The van der Waals surface area contributed by atoms with Gasteiger partial charge in [-0.3, -0.25) is 5.11 Å². The van der Waals surface area contributed by atoms with Gasteiger partial charge in [-0.15, -0.1) is 0 Å². The molecule has 38 heavy (non-hydrogen) atoms. The molecular formula is C30H31F6O2. The maximum atomic E-state index is 15.3. The first-order chi connectivity index (χ1) is 18.1. The molecule has 0 aromatic heterocycles. The zero-order valence-electron chi connectivity index (χ0n) is 21.5. The molecule has 0 aliphatic carbocycles. The number of alkyl halides is 2. The lowest BCUT2D eigenvalue weighted by Crippen LogP contribution is -2.25. The molecule has 0 amide bonds. The predicted molar refractivity (Wildman–Crippen MR) is 134 cm³/mol. The minimum atomic E-state index is -4.55. The average molecular weight is 538 g/mol. The van der Waals surface area contributed by atoms with Gasteiger partial charge < -0.3 is 4.74 Å². The Morgan fingerprint density at radius 1 is 0.737 bits per heavy atom. The van der Waals surface area contributed by atoms with Crippen molar-refractivity contribution in [1.29, 1.82) is 0 Å². The molecule has 1 radical (unpaired) electrons. The molecule has 0 spiro atoms. The molecule has 3 aromatic rings. The summed E-state index contributed by atoms with van der Waals surface area (Å²) < 4.78 is 94.1. The van der Waals surface area contributed by atoms with E-state index in [9.17, 15) is 18.3 Å². The molecule has 0 atom stereocenters. The molecule has 0 saturated heterocycles. The first kappa shape index (κ1) is 29.4. The third-order valence-corrected chi connectivity index (χ3v) is 6.44. The minimum absolute atomic E-state index is 0.0179. The Bertz CT molecular complexity index is 1220. The standard InChI is InChI=1S/C30H31F6O2/c1-3-5-7-9-11-20-14-17-22(28(33)27(20)32)25-24(37)18-23(31)26(29(25)34)30(35,36)38-21-15-12-19(13-16-21)10-8-6-4-2/h12-18H,3-11H2,1-2H3. The first-order valence-electron chi connectivity index (χ1n) is 12.9. The second kappa shape index (κ2) is 13.1. The van der Waals surface area contributed by atoms with Crippen LogP contribution >= 0.6 is 0 Å². The first-order valence-corrected chi connectivity index (χ1v) is 12.9. The van der Waals surface area contributed by atoms with E-state index in [2.05, 4.69) is 11.7 Å². The van der Waals surface area contributed by atoms with E-state index in [0.717, 1.165) is 56.6 Å². The number of benzene rings is 3. The van der Waals surface area contributed by atoms with Gasteiger partial charge in [0.25, 0.3) is 0 Å². The SMILES string of the molecule is CCCCCCc1ccc(-c2c([O])cc(F)c(C(F)(F)Oc3ccc(CCCCC)cc3)c2F)c(F)c1F. The van der Waals surface area contributed by atoms with Crippen molar-refractivity contribution >= 4 is 0 Å². The van der Waals surface area contributed by atoms with Crippen LogP contribution < -0.4 is 4.74 Å². The van der Waals surface area contributed by atoms with Crippen molar-refractivity contribution in [3.63, 3.8) is 0 Å². The van der Waals surface area contributed by atoms with Gasteiger partial charge in [0.15, 0.2) is 23.2 Å². The summed E-state index contributed by atoms with van der Waals surface area (Å²) in [5.41, 5.74) is -3.01. The van der Waals surface area contributed by atoms with Crippen LogP contribution in [-0.2, 0) is 24.1 Å². The van der Waals surface area contributed by atoms with E-state index >= 15 is 13.2 Å². The Kier molecular flexibility index (Phi) is 10.1. The van der Waals surface area contributed by atoms with Gasteiger partial charge in [-0.25, -0.2) is 17.6 Å². The fourth-order valence-electron chi connectivity index (χ4n) is 4.34. The lowest BCUT2D eigenvalue weighted by atomic mass is 9.96. The van der Waals surface area contributed by atoms with Gasteiger partial charge in [-0.05, 0) is 48.9 Å². The van der Waals surface area contributed by atoms with E-state index in [1.807, 2.05) is 6.92 Å². The van der Waals surface area contributed by atoms with E-state index < -0.39 is 51.8 Å². The number of hydrogen-bond donors (Lipinski definition) is 0. The Morgan fingerprint density at radius 3 is 2.03 bits per heavy atom. The quantitative estimate of drug-likeness (QED) is 0.158. The molecule has 0 bridgehead atoms. The van der Waals surface area contributed by atoms with Crippen LogP contribution in [0.2, 0.25) is 0 Å². The normalized spacial score (nSPS) is 11.7. The zero-order chi connectivity index (χ0) is 27.9. The van der Waals surface area contributed by atoms with Crippen LogP contribution in [0, 0.1) is 23.3 Å². The monoisotopic (exact) mass is 537 g/mol. The fourth-order valence-corrected chi connectivity index (χ4v) is 4.34. The highest BCUT2D eigenvalue weighted by atomic mass is 19.3. The van der Waals surface area contributed by atoms with Crippen molar-refractivity contribution in [2.45, 2.75) is 77.7 Å². The van der Waals surface area contributed by atoms with Gasteiger partial charge in [-0.1, -0.05) is 70.2 Å². The predicted octanol–water partition coefficient (Wildman–Crippen LogP) is 10.0. The van der Waals surface area contributed by atoms with Crippen molar-refractivity contribution in [3.8, 4) is 22.6 Å². The van der Waals surface area contributed by atoms with Crippen LogP contribution in [0.4, 0.5) is 26.3 Å². The highest BCUT2D eigenvalue weighted by molar-refractivity contribution is 5.73. The molecular weight excluding hydrogens is 506 g/mol. The topological polar surface area (TPSA) is 29.1 Å². The summed E-state index contributed by atoms with van der Waals surface area (Å²) in [6.07, 6.45) is 2.63. The van der Waals surface area contributed by atoms with Crippen molar-refractivity contribution in [2.75, 3.05) is 0 Å². The third kappa shape index (κ3) is 6.83. The third-order valence-electron chi connectivity index (χ3n) is 6.44. The smallest absolute Gasteiger partial charge is 0.429 e. The van der Waals surface area contributed by atoms with E-state index in [0.29, 0.717) is 6.42 Å². The molecule has 205 valence electrons. The van der Waals surface area contributed by atoms with E-state index in [1.165, 1.54) is 18.2 Å². The van der Waals surface area contributed by atoms with Crippen LogP contribution in [0.1, 0.15) is 75.5 Å². The molecule has 8 heteroatoms. The maximum Gasteiger partial charge on any atom is 0.432 e. The maximum absolute atomic E-state index is 15.3. The van der Waals surface area contributed by atoms with E-state index in [-0.39, 0.29) is 23.8 Å². The number of rotatable bonds is 13. The summed E-state index contributed by atoms with van der Waals surface area (Å²) in [5.74, 6) is -8.48. The molecule has 0 aliphatic rings. The minimum Gasteiger partial charge on any atom is -0.429 e. The lowest BCUT2D eigenvalue weighted by molar-refractivity contribution is -0.189. The van der Waals surface area contributed by atoms with Gasteiger partial charge in [0.05, 0.1) is 5.56 Å². The van der Waals surface area contributed by atoms with Crippen LogP contribution in [0.3, 0.4) is 0 Å². The second-order valence-electron chi connectivity index (χ2n) is 9.35. The van der Waals surface area contributed by atoms with E-state index in [4.69, 9.17) is 0 Å². The molecule has 0 unspecified atom stereocenters. The van der Waals surface area contributed by atoms with Crippen LogP contribution in [0.5, 0.6) is 11.5 Å². The number of unbranched alkanes of at least 4 members (excludes halogenated alkanes) is 5. The van der Waals surface area contributed by atoms with Crippen molar-refractivity contribution in [1.82, 2.24) is 0 Å². The van der Waals surface area contributed by atoms with E-state index in [1.54, 1.807) is 12.1 Å². The van der Waals surface area contributed by atoms with Crippen molar-refractivity contribution in [2.24, 2.45) is 0 Å². The molecule has 0 aliphatic heterocycles. The second-order valence-corrected chi connectivity index (χ2v) is 9.35. The summed E-state index contributed by atoms with van der Waals surface area (Å²) >= 11 is 0. The highest BCUT2D eigenvalue weighted by Gasteiger charge is 2.43. The highest BCUT2D eigenvalue weighted by Crippen LogP contribution is 2.43.